The molecule has 0 fully saturated rings. The maximum atomic E-state index is 12.3. The number of anilines is 1. The quantitative estimate of drug-likeness (QED) is 0.841. The molecule has 0 atom stereocenters. The Kier molecular flexibility index (Phi) is 4.82. The SMILES string of the molecule is CCOC(=O)c1csc(NC(=O)C2=Cc3cc(Cl)ccc3OC2)n1. The number of nitrogens with one attached hydrogen (secondary N) is 1. The maximum Gasteiger partial charge on any atom is 0.357 e. The van der Waals surface area contributed by atoms with E-state index in [1.165, 1.54) is 5.38 Å². The van der Waals surface area contributed by atoms with Gasteiger partial charge in [0.05, 0.1) is 12.2 Å². The van der Waals surface area contributed by atoms with Gasteiger partial charge in [-0.1, -0.05) is 11.6 Å². The monoisotopic (exact) mass is 364 g/mol. The summed E-state index contributed by atoms with van der Waals surface area (Å²) < 4.78 is 10.4. The number of hydrogen-bond donors (Lipinski definition) is 1. The van der Waals surface area contributed by atoms with E-state index in [0.717, 1.165) is 16.9 Å². The predicted octanol–water partition coefficient (Wildman–Crippen LogP) is 3.39. The van der Waals surface area contributed by atoms with E-state index >= 15 is 0 Å². The highest BCUT2D eigenvalue weighted by Gasteiger charge is 2.19. The molecule has 1 amide bonds. The van der Waals surface area contributed by atoms with Crippen LogP contribution in [-0.4, -0.2) is 30.1 Å². The highest BCUT2D eigenvalue weighted by atomic mass is 35.5. The Bertz CT molecular complexity index is 831. The molecule has 1 aromatic heterocycles. The van der Waals surface area contributed by atoms with Crippen LogP contribution in [0.15, 0.2) is 29.2 Å². The maximum absolute atomic E-state index is 12.3. The summed E-state index contributed by atoms with van der Waals surface area (Å²) in [6.45, 7) is 2.13. The first-order valence-electron chi connectivity index (χ1n) is 7.13. The second-order valence-corrected chi connectivity index (χ2v) is 6.15. The third-order valence-electron chi connectivity index (χ3n) is 3.19. The van der Waals surface area contributed by atoms with E-state index in [1.54, 1.807) is 31.2 Å². The number of fused-ring (bicyclic) bond motifs is 1. The van der Waals surface area contributed by atoms with Crippen LogP contribution in [0, 0.1) is 0 Å². The van der Waals surface area contributed by atoms with Crippen LogP contribution in [0.5, 0.6) is 5.75 Å². The number of ether oxygens (including phenoxy) is 2. The lowest BCUT2D eigenvalue weighted by Gasteiger charge is -2.17. The average molecular weight is 365 g/mol. The molecule has 2 aromatic rings. The van der Waals surface area contributed by atoms with Crippen LogP contribution in [0.4, 0.5) is 5.13 Å². The summed E-state index contributed by atoms with van der Waals surface area (Å²) >= 11 is 7.11. The molecule has 6 nitrogen and oxygen atoms in total. The zero-order chi connectivity index (χ0) is 17.1. The fraction of sp³-hybridized carbons (Fsp3) is 0.188. The number of hydrogen-bond acceptors (Lipinski definition) is 6. The molecule has 1 aliphatic heterocycles. The summed E-state index contributed by atoms with van der Waals surface area (Å²) in [4.78, 5) is 28.0. The molecule has 0 saturated heterocycles. The van der Waals surface area contributed by atoms with Crippen LogP contribution >= 0.6 is 22.9 Å². The zero-order valence-electron chi connectivity index (χ0n) is 12.7. The van der Waals surface area contributed by atoms with Crippen LogP contribution < -0.4 is 10.1 Å². The van der Waals surface area contributed by atoms with Crippen molar-refractivity contribution in [2.45, 2.75) is 6.92 Å². The minimum absolute atomic E-state index is 0.149. The smallest absolute Gasteiger partial charge is 0.357 e. The zero-order valence-corrected chi connectivity index (χ0v) is 14.2. The minimum atomic E-state index is -0.516. The van der Waals surface area contributed by atoms with Gasteiger partial charge in [-0.3, -0.25) is 10.1 Å². The van der Waals surface area contributed by atoms with Crippen molar-refractivity contribution in [1.82, 2.24) is 4.98 Å². The number of carbonyl (C=O) groups is 2. The van der Waals surface area contributed by atoms with Crippen LogP contribution in [0.2, 0.25) is 5.02 Å². The molecule has 0 unspecified atom stereocenters. The van der Waals surface area contributed by atoms with E-state index in [2.05, 4.69) is 10.3 Å². The van der Waals surface area contributed by atoms with Crippen LogP contribution in [0.25, 0.3) is 6.08 Å². The van der Waals surface area contributed by atoms with Gasteiger partial charge in [0.25, 0.3) is 5.91 Å². The Morgan fingerprint density at radius 3 is 3.08 bits per heavy atom. The van der Waals surface area contributed by atoms with Crippen molar-refractivity contribution in [3.8, 4) is 5.75 Å². The summed E-state index contributed by atoms with van der Waals surface area (Å²) in [5, 5.41) is 5.07. The summed E-state index contributed by atoms with van der Waals surface area (Å²) in [6, 6.07) is 5.21. The molecule has 0 bridgehead atoms. The fourth-order valence-electron chi connectivity index (χ4n) is 2.09. The van der Waals surface area contributed by atoms with E-state index in [9.17, 15) is 9.59 Å². The van der Waals surface area contributed by atoms with Gasteiger partial charge in [0.1, 0.15) is 12.4 Å². The summed E-state index contributed by atoms with van der Waals surface area (Å²) in [7, 11) is 0. The highest BCUT2D eigenvalue weighted by molar-refractivity contribution is 7.14. The van der Waals surface area contributed by atoms with E-state index in [1.807, 2.05) is 0 Å². The van der Waals surface area contributed by atoms with Crippen molar-refractivity contribution < 1.29 is 19.1 Å². The van der Waals surface area contributed by atoms with Crippen molar-refractivity contribution >= 4 is 46.0 Å². The van der Waals surface area contributed by atoms with Gasteiger partial charge in [0.15, 0.2) is 10.8 Å². The second kappa shape index (κ2) is 7.02. The Hall–Kier alpha value is -2.38. The van der Waals surface area contributed by atoms with E-state index in [0.29, 0.717) is 21.5 Å². The summed E-state index contributed by atoms with van der Waals surface area (Å²) in [6.07, 6.45) is 1.72. The van der Waals surface area contributed by atoms with Crippen molar-refractivity contribution in [3.05, 3.63) is 45.4 Å². The highest BCUT2D eigenvalue weighted by Crippen LogP contribution is 2.29. The number of carbonyl (C=O) groups excluding carboxylic acids is 2. The van der Waals surface area contributed by atoms with Gasteiger partial charge in [-0.2, -0.15) is 0 Å². The fourth-order valence-corrected chi connectivity index (χ4v) is 2.94. The van der Waals surface area contributed by atoms with Gasteiger partial charge in [0, 0.05) is 16.0 Å². The molecule has 2 heterocycles. The third kappa shape index (κ3) is 3.58. The molecule has 124 valence electrons. The largest absolute Gasteiger partial charge is 0.488 e. The van der Waals surface area contributed by atoms with Crippen molar-refractivity contribution in [3.63, 3.8) is 0 Å². The lowest BCUT2D eigenvalue weighted by Crippen LogP contribution is -2.21. The normalized spacial score (nSPS) is 12.7. The number of rotatable bonds is 4. The summed E-state index contributed by atoms with van der Waals surface area (Å²) in [5.41, 5.74) is 1.35. The van der Waals surface area contributed by atoms with E-state index < -0.39 is 5.97 Å². The van der Waals surface area contributed by atoms with Gasteiger partial charge in [-0.15, -0.1) is 11.3 Å². The van der Waals surface area contributed by atoms with Gasteiger partial charge in [0.2, 0.25) is 0 Å². The molecular formula is C16H13ClN2O4S. The molecule has 1 aliphatic rings. The summed E-state index contributed by atoms with van der Waals surface area (Å²) in [5.74, 6) is -0.182. The molecule has 1 aromatic carbocycles. The third-order valence-corrected chi connectivity index (χ3v) is 4.18. The lowest BCUT2D eigenvalue weighted by atomic mass is 10.1. The van der Waals surface area contributed by atoms with Gasteiger partial charge in [-0.05, 0) is 31.2 Å². The van der Waals surface area contributed by atoms with Crippen molar-refractivity contribution in [1.29, 1.82) is 0 Å². The minimum Gasteiger partial charge on any atom is -0.488 e. The number of benzene rings is 1. The van der Waals surface area contributed by atoms with Crippen molar-refractivity contribution in [2.24, 2.45) is 0 Å². The number of aromatic nitrogens is 1. The molecule has 8 heteroatoms. The van der Waals surface area contributed by atoms with Crippen molar-refractivity contribution in [2.75, 3.05) is 18.5 Å². The van der Waals surface area contributed by atoms with Crippen LogP contribution in [0.1, 0.15) is 23.0 Å². The number of nitrogens with zero attached hydrogens (tertiary/aromatic N) is 1. The first-order valence-corrected chi connectivity index (χ1v) is 8.39. The number of halogens is 1. The molecule has 3 rings (SSSR count). The molecule has 0 spiro atoms. The average Bonchev–Trinajstić information content (AvgIpc) is 3.03. The number of esters is 1. The van der Waals surface area contributed by atoms with Gasteiger partial charge in [-0.25, -0.2) is 9.78 Å². The molecular weight excluding hydrogens is 352 g/mol. The number of thiazole rings is 1. The van der Waals surface area contributed by atoms with Gasteiger partial charge < -0.3 is 9.47 Å². The standard InChI is InChI=1S/C16H13ClN2O4S/c1-2-22-15(21)12-8-24-16(18-12)19-14(20)10-5-9-6-11(17)3-4-13(9)23-7-10/h3-6,8H,2,7H2,1H3,(H,18,19,20). The Labute approximate surface area is 147 Å². The Balaban J connectivity index is 1.73. The molecule has 24 heavy (non-hydrogen) atoms. The van der Waals surface area contributed by atoms with Crippen LogP contribution in [-0.2, 0) is 9.53 Å². The first kappa shape index (κ1) is 16.5. The van der Waals surface area contributed by atoms with E-state index in [4.69, 9.17) is 21.1 Å². The predicted molar refractivity (Wildman–Crippen MR) is 91.6 cm³/mol. The topological polar surface area (TPSA) is 77.5 Å². The van der Waals surface area contributed by atoms with Crippen LogP contribution in [0.3, 0.4) is 0 Å². The molecule has 0 radical (unpaired) electrons. The molecule has 0 aliphatic carbocycles. The van der Waals surface area contributed by atoms with Gasteiger partial charge >= 0.3 is 5.97 Å². The molecule has 1 N–H and O–H groups in total. The Morgan fingerprint density at radius 1 is 1.46 bits per heavy atom. The number of amides is 1. The molecule has 0 saturated carbocycles. The lowest BCUT2D eigenvalue weighted by molar-refractivity contribution is -0.113. The first-order chi connectivity index (χ1) is 11.6. The Morgan fingerprint density at radius 2 is 2.29 bits per heavy atom. The van der Waals surface area contributed by atoms with E-state index in [-0.39, 0.29) is 24.8 Å². The second-order valence-electron chi connectivity index (χ2n) is 4.85.